The summed E-state index contributed by atoms with van der Waals surface area (Å²) in [6.45, 7) is 2.20. The molecule has 0 N–H and O–H groups in total. The molecular weight excluding hydrogens is 390 g/mol. The van der Waals surface area contributed by atoms with E-state index >= 15 is 0 Å². The predicted molar refractivity (Wildman–Crippen MR) is 128 cm³/mol. The SMILES string of the molecule is Cc1cc(N(C)C)ccc1C(=C1C=CC(=[N+](C)C)C=C1)c1ccc(N(C)C)cc1.[Cl-]. The lowest BCUT2D eigenvalue weighted by molar-refractivity contribution is -0.462. The second-order valence-corrected chi connectivity index (χ2v) is 8.15. The lowest BCUT2D eigenvalue weighted by Crippen LogP contribution is -3.00. The van der Waals surface area contributed by atoms with Gasteiger partial charge in [-0.2, -0.15) is 0 Å². The van der Waals surface area contributed by atoms with Crippen LogP contribution in [0.25, 0.3) is 5.57 Å². The van der Waals surface area contributed by atoms with E-state index in [4.69, 9.17) is 0 Å². The second-order valence-electron chi connectivity index (χ2n) is 8.15. The Bertz CT molecular complexity index is 1000. The van der Waals surface area contributed by atoms with E-state index in [1.807, 2.05) is 0 Å². The lowest BCUT2D eigenvalue weighted by atomic mass is 9.88. The largest absolute Gasteiger partial charge is 1.00 e. The Balaban J connectivity index is 0.00000320. The van der Waals surface area contributed by atoms with Crippen LogP contribution >= 0.6 is 0 Å². The van der Waals surface area contributed by atoms with Gasteiger partial charge < -0.3 is 22.2 Å². The minimum absolute atomic E-state index is 0. The van der Waals surface area contributed by atoms with E-state index in [0.717, 1.165) is 0 Å². The van der Waals surface area contributed by atoms with E-state index in [9.17, 15) is 0 Å². The molecule has 0 bridgehead atoms. The van der Waals surface area contributed by atoms with Crippen LogP contribution in [0.5, 0.6) is 0 Å². The molecular formula is C26H32ClN3. The molecule has 1 aliphatic rings. The molecule has 0 unspecified atom stereocenters. The Morgan fingerprint density at radius 2 is 1.27 bits per heavy atom. The molecule has 30 heavy (non-hydrogen) atoms. The van der Waals surface area contributed by atoms with Crippen molar-refractivity contribution in [2.75, 3.05) is 52.1 Å². The van der Waals surface area contributed by atoms with Gasteiger partial charge in [0.1, 0.15) is 14.1 Å². The van der Waals surface area contributed by atoms with Crippen molar-refractivity contribution in [3.8, 4) is 0 Å². The molecule has 4 heteroatoms. The molecule has 3 nitrogen and oxygen atoms in total. The molecule has 158 valence electrons. The van der Waals surface area contributed by atoms with Crippen molar-refractivity contribution >= 4 is 22.7 Å². The molecule has 0 aliphatic heterocycles. The molecule has 0 heterocycles. The summed E-state index contributed by atoms with van der Waals surface area (Å²) >= 11 is 0. The van der Waals surface area contributed by atoms with E-state index in [-0.39, 0.29) is 12.4 Å². The third kappa shape index (κ3) is 5.03. The molecule has 0 fully saturated rings. The van der Waals surface area contributed by atoms with Gasteiger partial charge in [-0.15, -0.1) is 0 Å². The second kappa shape index (κ2) is 9.82. The van der Waals surface area contributed by atoms with E-state index in [1.165, 1.54) is 44.9 Å². The van der Waals surface area contributed by atoms with Crippen molar-refractivity contribution in [1.82, 2.24) is 0 Å². The molecule has 0 radical (unpaired) electrons. The van der Waals surface area contributed by atoms with E-state index in [0.29, 0.717) is 0 Å². The number of allylic oxidation sites excluding steroid dienone is 5. The van der Waals surface area contributed by atoms with Gasteiger partial charge in [0.15, 0.2) is 5.71 Å². The van der Waals surface area contributed by atoms with Gasteiger partial charge in [0.2, 0.25) is 0 Å². The Hall–Kier alpha value is -2.78. The summed E-state index contributed by atoms with van der Waals surface area (Å²) in [6.07, 6.45) is 8.83. The predicted octanol–water partition coefficient (Wildman–Crippen LogP) is 1.77. The monoisotopic (exact) mass is 421 g/mol. The van der Waals surface area contributed by atoms with Crippen LogP contribution in [-0.2, 0) is 0 Å². The zero-order chi connectivity index (χ0) is 21.1. The smallest absolute Gasteiger partial charge is 0.199 e. The van der Waals surface area contributed by atoms with Crippen LogP contribution in [0, 0.1) is 6.92 Å². The highest BCUT2D eigenvalue weighted by Gasteiger charge is 2.15. The number of hydrogen-bond donors (Lipinski definition) is 0. The summed E-state index contributed by atoms with van der Waals surface area (Å²) < 4.78 is 2.13. The Morgan fingerprint density at radius 3 is 1.73 bits per heavy atom. The summed E-state index contributed by atoms with van der Waals surface area (Å²) in [5.41, 5.74) is 9.90. The fourth-order valence-corrected chi connectivity index (χ4v) is 3.54. The van der Waals surface area contributed by atoms with Gasteiger partial charge in [-0.05, 0) is 71.2 Å². The molecule has 3 rings (SSSR count). The lowest BCUT2D eigenvalue weighted by Gasteiger charge is -2.20. The molecule has 0 aromatic heterocycles. The van der Waals surface area contributed by atoms with Crippen LogP contribution in [-0.4, -0.2) is 52.6 Å². The molecule has 2 aromatic carbocycles. The number of halogens is 1. The van der Waals surface area contributed by atoms with Crippen molar-refractivity contribution in [2.45, 2.75) is 6.92 Å². The topological polar surface area (TPSA) is 9.49 Å². The number of aryl methyl sites for hydroxylation is 1. The van der Waals surface area contributed by atoms with Crippen molar-refractivity contribution in [3.05, 3.63) is 89.0 Å². The van der Waals surface area contributed by atoms with Crippen molar-refractivity contribution in [2.24, 2.45) is 0 Å². The first-order valence-corrected chi connectivity index (χ1v) is 9.98. The van der Waals surface area contributed by atoms with E-state index in [2.05, 4.69) is 130 Å². The summed E-state index contributed by atoms with van der Waals surface area (Å²) in [6, 6.07) is 15.5. The fourth-order valence-electron chi connectivity index (χ4n) is 3.54. The van der Waals surface area contributed by atoms with Crippen molar-refractivity contribution in [3.63, 3.8) is 0 Å². The highest BCUT2D eigenvalue weighted by molar-refractivity contribution is 6.04. The Labute approximate surface area is 187 Å². The highest BCUT2D eigenvalue weighted by Crippen LogP contribution is 2.34. The van der Waals surface area contributed by atoms with E-state index < -0.39 is 0 Å². The van der Waals surface area contributed by atoms with Gasteiger partial charge in [-0.25, -0.2) is 4.58 Å². The molecule has 2 aromatic rings. The van der Waals surface area contributed by atoms with Crippen LogP contribution in [0.1, 0.15) is 16.7 Å². The summed E-state index contributed by atoms with van der Waals surface area (Å²) in [4.78, 5) is 4.28. The van der Waals surface area contributed by atoms with Crippen LogP contribution in [0.4, 0.5) is 11.4 Å². The average molecular weight is 422 g/mol. The van der Waals surface area contributed by atoms with Crippen LogP contribution < -0.4 is 22.2 Å². The summed E-state index contributed by atoms with van der Waals surface area (Å²) in [5.74, 6) is 0. The standard InChI is InChI=1S/C26H32N3.ClH/c1-19-18-24(29(6)7)16-17-25(19)26(20-8-12-22(13-9-20)27(2)3)21-10-14-23(15-11-21)28(4)5;/h8-18H,1-7H3;1H/q+1;/p-1. The first kappa shape index (κ1) is 23.5. The minimum Gasteiger partial charge on any atom is -1.00 e. The van der Waals surface area contributed by atoms with Crippen molar-refractivity contribution in [1.29, 1.82) is 0 Å². The maximum Gasteiger partial charge on any atom is 0.199 e. The maximum atomic E-state index is 2.26. The molecule has 1 aliphatic carbocycles. The molecule has 0 saturated carbocycles. The summed E-state index contributed by atoms with van der Waals surface area (Å²) in [7, 11) is 12.5. The van der Waals surface area contributed by atoms with Crippen LogP contribution in [0.15, 0.2) is 72.3 Å². The van der Waals surface area contributed by atoms with Gasteiger partial charge >= 0.3 is 0 Å². The molecule has 0 saturated heterocycles. The fraction of sp³-hybridized carbons (Fsp3) is 0.269. The normalized spacial score (nSPS) is 12.5. The van der Waals surface area contributed by atoms with Gasteiger partial charge in [0.05, 0.1) is 0 Å². The van der Waals surface area contributed by atoms with E-state index in [1.54, 1.807) is 0 Å². The van der Waals surface area contributed by atoms with Gasteiger partial charge in [0.25, 0.3) is 0 Å². The van der Waals surface area contributed by atoms with Crippen molar-refractivity contribution < 1.29 is 17.0 Å². The maximum absolute atomic E-state index is 2.26. The first-order valence-electron chi connectivity index (χ1n) is 9.98. The molecule has 0 spiro atoms. The Morgan fingerprint density at radius 1 is 0.733 bits per heavy atom. The third-order valence-corrected chi connectivity index (χ3v) is 5.34. The number of benzene rings is 2. The quantitative estimate of drug-likeness (QED) is 0.696. The number of anilines is 2. The van der Waals surface area contributed by atoms with Gasteiger partial charge in [-0.3, -0.25) is 0 Å². The Kier molecular flexibility index (Phi) is 7.69. The minimum atomic E-state index is 0. The molecule has 0 amide bonds. The highest BCUT2D eigenvalue weighted by atomic mass is 35.5. The number of nitrogens with zero attached hydrogens (tertiary/aromatic N) is 3. The average Bonchev–Trinajstić information content (AvgIpc) is 2.70. The number of hydrogen-bond acceptors (Lipinski definition) is 2. The van der Waals surface area contributed by atoms with Crippen LogP contribution in [0.3, 0.4) is 0 Å². The third-order valence-electron chi connectivity index (χ3n) is 5.34. The molecule has 0 atom stereocenters. The first-order chi connectivity index (χ1) is 13.8. The number of rotatable bonds is 4. The zero-order valence-corrected chi connectivity index (χ0v) is 19.8. The van der Waals surface area contributed by atoms with Gasteiger partial charge in [0, 0.05) is 51.7 Å². The van der Waals surface area contributed by atoms with Gasteiger partial charge in [-0.1, -0.05) is 18.2 Å². The van der Waals surface area contributed by atoms with Crippen LogP contribution in [0.2, 0.25) is 0 Å². The zero-order valence-electron chi connectivity index (χ0n) is 19.1. The summed E-state index contributed by atoms with van der Waals surface area (Å²) in [5, 5.41) is 0.